The summed E-state index contributed by atoms with van der Waals surface area (Å²) in [5.74, 6) is 0.445. The minimum Gasteiger partial charge on any atom is -0.394 e. The van der Waals surface area contributed by atoms with Crippen LogP contribution in [-0.2, 0) is 43.0 Å². The molecule has 2 heterocycles. The number of H-pyrrole nitrogens is 1. The fourth-order valence-electron chi connectivity index (χ4n) is 4.24. The maximum Gasteiger partial charge on any atom is 0.247 e. The van der Waals surface area contributed by atoms with E-state index in [1.54, 1.807) is 10.9 Å². The Morgan fingerprint density at radius 1 is 1.17 bits per heavy atom. The Hall–Kier alpha value is -2.52. The molecule has 2 aromatic heterocycles. The number of aromatic nitrogens is 5. The molecule has 0 saturated carbocycles. The van der Waals surface area contributed by atoms with Crippen LogP contribution in [0.4, 0.5) is 11.6 Å². The summed E-state index contributed by atoms with van der Waals surface area (Å²) in [7, 11) is -1.50. The summed E-state index contributed by atoms with van der Waals surface area (Å²) in [6.07, 6.45) is 9.99. The third kappa shape index (κ3) is 3.91. The molecular formula is C21H28N6O2S. The van der Waals surface area contributed by atoms with Crippen molar-refractivity contribution >= 4 is 22.4 Å². The van der Waals surface area contributed by atoms with E-state index in [4.69, 9.17) is 5.11 Å². The zero-order chi connectivity index (χ0) is 21.1. The maximum absolute atomic E-state index is 12.7. The van der Waals surface area contributed by atoms with Crippen molar-refractivity contribution in [1.82, 2.24) is 25.0 Å². The Bertz CT molecular complexity index is 1030. The predicted molar refractivity (Wildman–Crippen MR) is 115 cm³/mol. The molecule has 0 amide bonds. The van der Waals surface area contributed by atoms with Gasteiger partial charge in [0.2, 0.25) is 11.1 Å². The average Bonchev–Trinajstić information content (AvgIpc) is 3.55. The molecule has 0 fully saturated rings. The number of benzene rings is 1. The van der Waals surface area contributed by atoms with Gasteiger partial charge >= 0.3 is 0 Å². The molecule has 2 aliphatic rings. The molecule has 0 saturated heterocycles. The smallest absolute Gasteiger partial charge is 0.247 e. The number of rotatable bonds is 6. The highest BCUT2D eigenvalue weighted by Gasteiger charge is 2.25. The molecule has 3 aromatic rings. The van der Waals surface area contributed by atoms with Gasteiger partial charge in [-0.1, -0.05) is 19.9 Å². The van der Waals surface area contributed by atoms with Crippen molar-refractivity contribution in [3.05, 3.63) is 40.7 Å². The number of aryl methyl sites for hydroxylation is 2. The van der Waals surface area contributed by atoms with Gasteiger partial charge < -0.3 is 10.4 Å². The fourth-order valence-corrected chi connectivity index (χ4v) is 5.12. The van der Waals surface area contributed by atoms with Gasteiger partial charge in [-0.2, -0.15) is 10.1 Å². The van der Waals surface area contributed by atoms with Crippen molar-refractivity contribution in [3.8, 4) is 0 Å². The van der Waals surface area contributed by atoms with E-state index in [0.717, 1.165) is 31.4 Å². The number of aliphatic hydroxyl groups excluding tert-OH is 1. The zero-order valence-electron chi connectivity index (χ0n) is 17.4. The van der Waals surface area contributed by atoms with Crippen molar-refractivity contribution in [2.45, 2.75) is 69.0 Å². The van der Waals surface area contributed by atoms with Crippen LogP contribution in [0.15, 0.2) is 28.5 Å². The number of fused-ring (bicyclic) bond motifs is 2. The standard InChI is InChI=1S/C19H22N6O2S.C2H6/c26-8-7-25-11-14(10-20-25)28(27)19-22-18(23-24-19)21-17-15-5-1-3-12(15)9-13-4-2-6-16(13)17;1-2/h9-11,26H,1-8H2,(H2,21,22,23,24);1-2H3. The highest BCUT2D eigenvalue weighted by molar-refractivity contribution is 7.84. The summed E-state index contributed by atoms with van der Waals surface area (Å²) in [6.45, 7) is 4.35. The highest BCUT2D eigenvalue weighted by atomic mass is 32.2. The van der Waals surface area contributed by atoms with Crippen molar-refractivity contribution in [2.24, 2.45) is 0 Å². The van der Waals surface area contributed by atoms with Crippen LogP contribution in [0.5, 0.6) is 0 Å². The van der Waals surface area contributed by atoms with E-state index >= 15 is 0 Å². The second-order valence-electron chi connectivity index (χ2n) is 7.25. The molecule has 3 N–H and O–H groups in total. The zero-order valence-corrected chi connectivity index (χ0v) is 18.3. The molecule has 2 aliphatic carbocycles. The first-order valence-electron chi connectivity index (χ1n) is 10.6. The van der Waals surface area contributed by atoms with Crippen LogP contribution in [0.1, 0.15) is 48.9 Å². The van der Waals surface area contributed by atoms with E-state index in [1.807, 2.05) is 13.8 Å². The molecule has 0 spiro atoms. The second-order valence-corrected chi connectivity index (χ2v) is 8.65. The Kier molecular flexibility index (Phi) is 6.29. The number of nitrogens with one attached hydrogen (secondary N) is 2. The highest BCUT2D eigenvalue weighted by Crippen LogP contribution is 2.39. The van der Waals surface area contributed by atoms with E-state index < -0.39 is 10.8 Å². The minimum atomic E-state index is -1.50. The van der Waals surface area contributed by atoms with Crippen LogP contribution >= 0.6 is 0 Å². The molecule has 30 heavy (non-hydrogen) atoms. The largest absolute Gasteiger partial charge is 0.394 e. The fraction of sp³-hybridized carbons (Fsp3) is 0.476. The van der Waals surface area contributed by atoms with Crippen LogP contribution in [0.2, 0.25) is 0 Å². The molecule has 160 valence electrons. The summed E-state index contributed by atoms with van der Waals surface area (Å²) in [4.78, 5) is 4.95. The number of hydrogen-bond acceptors (Lipinski definition) is 6. The van der Waals surface area contributed by atoms with Crippen molar-refractivity contribution < 1.29 is 9.32 Å². The van der Waals surface area contributed by atoms with Gasteiger partial charge in [-0.05, 0) is 60.8 Å². The lowest BCUT2D eigenvalue weighted by Gasteiger charge is -2.15. The molecule has 0 bridgehead atoms. The van der Waals surface area contributed by atoms with Crippen LogP contribution in [0.25, 0.3) is 0 Å². The molecule has 0 radical (unpaired) electrons. The molecular weight excluding hydrogens is 400 g/mol. The van der Waals surface area contributed by atoms with Crippen LogP contribution in [0, 0.1) is 0 Å². The van der Waals surface area contributed by atoms with Gasteiger partial charge in [0.05, 0.1) is 24.2 Å². The van der Waals surface area contributed by atoms with Crippen LogP contribution in [-0.4, -0.2) is 40.9 Å². The topological polar surface area (TPSA) is 109 Å². The Balaban J connectivity index is 0.00000106. The second kappa shape index (κ2) is 9.09. The van der Waals surface area contributed by atoms with Gasteiger partial charge in [-0.3, -0.25) is 4.68 Å². The van der Waals surface area contributed by atoms with Crippen molar-refractivity contribution in [3.63, 3.8) is 0 Å². The summed E-state index contributed by atoms with van der Waals surface area (Å²) in [5, 5.41) is 23.8. The quantitative estimate of drug-likeness (QED) is 0.557. The van der Waals surface area contributed by atoms with Crippen LogP contribution in [0.3, 0.4) is 0 Å². The van der Waals surface area contributed by atoms with Crippen LogP contribution < -0.4 is 5.32 Å². The third-order valence-electron chi connectivity index (χ3n) is 5.50. The predicted octanol–water partition coefficient (Wildman–Crippen LogP) is 2.91. The van der Waals surface area contributed by atoms with E-state index in [1.165, 1.54) is 41.3 Å². The molecule has 1 aromatic carbocycles. The number of nitrogens with zero attached hydrogens (tertiary/aromatic N) is 4. The first-order valence-corrected chi connectivity index (χ1v) is 11.8. The van der Waals surface area contributed by atoms with Crippen molar-refractivity contribution in [2.75, 3.05) is 11.9 Å². The van der Waals surface area contributed by atoms with Gasteiger partial charge in [0.25, 0.3) is 0 Å². The van der Waals surface area contributed by atoms with E-state index in [2.05, 4.69) is 31.7 Å². The Morgan fingerprint density at radius 3 is 2.53 bits per heavy atom. The van der Waals surface area contributed by atoms with Gasteiger partial charge in [0, 0.05) is 11.9 Å². The first kappa shape index (κ1) is 20.7. The Morgan fingerprint density at radius 2 is 1.87 bits per heavy atom. The molecule has 5 rings (SSSR count). The number of aliphatic hydroxyl groups is 1. The number of aromatic amines is 1. The van der Waals surface area contributed by atoms with Crippen molar-refractivity contribution in [1.29, 1.82) is 0 Å². The molecule has 0 aliphatic heterocycles. The summed E-state index contributed by atoms with van der Waals surface area (Å²) in [6, 6.07) is 2.39. The van der Waals surface area contributed by atoms with Gasteiger partial charge in [-0.25, -0.2) is 9.31 Å². The average molecular weight is 429 g/mol. The normalized spacial score (nSPS) is 15.3. The van der Waals surface area contributed by atoms with E-state index in [9.17, 15) is 4.21 Å². The molecule has 9 heteroatoms. The number of hydrogen-bond donors (Lipinski definition) is 3. The molecule has 1 unspecified atom stereocenters. The Labute approximate surface area is 178 Å². The van der Waals surface area contributed by atoms with Gasteiger partial charge in [0.1, 0.15) is 10.8 Å². The SMILES string of the molecule is CC.O=S(c1cnn(CCO)c1)c1nc(Nc2c3c(cc4c2CCC4)CCC3)n[nH]1. The number of anilines is 2. The monoisotopic (exact) mass is 428 g/mol. The summed E-state index contributed by atoms with van der Waals surface area (Å²) in [5.41, 5.74) is 6.82. The van der Waals surface area contributed by atoms with Gasteiger partial charge in [-0.15, -0.1) is 5.10 Å². The first-order chi connectivity index (χ1) is 14.7. The molecule has 8 nitrogen and oxygen atoms in total. The lowest BCUT2D eigenvalue weighted by molar-refractivity contribution is 0.269. The van der Waals surface area contributed by atoms with E-state index in [-0.39, 0.29) is 11.8 Å². The summed E-state index contributed by atoms with van der Waals surface area (Å²) >= 11 is 0. The third-order valence-corrected chi connectivity index (χ3v) is 6.68. The molecule has 1 atom stereocenters. The lowest BCUT2D eigenvalue weighted by Crippen LogP contribution is -2.03. The van der Waals surface area contributed by atoms with E-state index in [0.29, 0.717) is 17.4 Å². The van der Waals surface area contributed by atoms with Gasteiger partial charge in [0.15, 0.2) is 0 Å². The minimum absolute atomic E-state index is 0.0180. The summed E-state index contributed by atoms with van der Waals surface area (Å²) < 4.78 is 14.3. The maximum atomic E-state index is 12.7. The lowest BCUT2D eigenvalue weighted by atomic mass is 9.99.